The number of hydrogen-bond donors (Lipinski definition) is 0. The van der Waals surface area contributed by atoms with E-state index in [2.05, 4.69) is 22.6 Å². The van der Waals surface area contributed by atoms with Gasteiger partial charge >= 0.3 is 19.5 Å². The molecule has 0 atom stereocenters. The molecule has 8 bridgehead atoms. The van der Waals surface area contributed by atoms with Gasteiger partial charge in [-0.25, -0.2) is 60.5 Å². The van der Waals surface area contributed by atoms with E-state index in [9.17, 15) is 50.5 Å². The van der Waals surface area contributed by atoms with Crippen LogP contribution in [0.4, 0.5) is 0 Å². The van der Waals surface area contributed by atoms with Crippen molar-refractivity contribution in [3.05, 3.63) is 58.2 Å². The van der Waals surface area contributed by atoms with E-state index in [1.165, 1.54) is 24.3 Å². The van der Waals surface area contributed by atoms with E-state index in [0.29, 0.717) is 10.8 Å². The Morgan fingerprint density at radius 1 is 0.333 bits per heavy atom. The van der Waals surface area contributed by atoms with Crippen molar-refractivity contribution in [2.45, 2.75) is 109 Å². The van der Waals surface area contributed by atoms with E-state index in [-0.39, 0.29) is 137 Å². The zero-order valence-corrected chi connectivity index (χ0v) is 53.2. The van der Waals surface area contributed by atoms with Crippen LogP contribution in [0.3, 0.4) is 0 Å². The predicted molar refractivity (Wildman–Crippen MR) is 301 cm³/mol. The third-order valence-corrected chi connectivity index (χ3v) is 25.5. The quantitative estimate of drug-likeness (QED) is 0.0583. The molecule has 4 aromatic carbocycles. The van der Waals surface area contributed by atoms with Crippen LogP contribution in [-0.4, -0.2) is 115 Å². The van der Waals surface area contributed by atoms with Crippen molar-refractivity contribution in [1.82, 2.24) is 39.9 Å². The Morgan fingerprint density at radius 2 is 0.564 bits per heavy atom. The Bertz CT molecular complexity index is 4550. The topological polar surface area (TPSA) is 310 Å². The zero-order valence-electron chi connectivity index (χ0n) is 43.2. The van der Waals surface area contributed by atoms with E-state index >= 15 is 0 Å². The molecule has 0 saturated carbocycles. The molecule has 78 heavy (non-hydrogen) atoms. The van der Waals surface area contributed by atoms with Gasteiger partial charge in [0.15, 0.2) is 59.0 Å². The maximum absolute atomic E-state index is 14.2. The third kappa shape index (κ3) is 10.8. The molecule has 7 aromatic rings. The molecule has 0 radical (unpaired) electrons. The van der Waals surface area contributed by atoms with Gasteiger partial charge in [0.2, 0.25) is 0 Å². The fourth-order valence-electron chi connectivity index (χ4n) is 9.38. The molecule has 0 amide bonds. The second-order valence-electron chi connectivity index (χ2n) is 18.6. The van der Waals surface area contributed by atoms with Crippen LogP contribution in [0.1, 0.15) is 80.1 Å². The van der Waals surface area contributed by atoms with Crippen LogP contribution in [0.5, 0.6) is 0 Å². The molecule has 0 N–H and O–H groups in total. The number of benzene rings is 4. The Kier molecular flexibility index (Phi) is 16.7. The Labute approximate surface area is 479 Å². The molecule has 0 saturated heterocycles. The second-order valence-corrected chi connectivity index (χ2v) is 32.3. The summed E-state index contributed by atoms with van der Waals surface area (Å²) >= 11 is 2.10. The van der Waals surface area contributed by atoms with Crippen molar-refractivity contribution in [3.8, 4) is 45.6 Å². The first-order chi connectivity index (χ1) is 36.2. The average molecular weight is 1340 g/mol. The van der Waals surface area contributed by atoms with Crippen molar-refractivity contribution < 1.29 is 70.0 Å². The van der Waals surface area contributed by atoms with Crippen LogP contribution in [-0.2, 0) is 78.5 Å². The normalized spacial score (nSPS) is 13.2. The largest absolute Gasteiger partial charge is 2.00 e. The standard InChI is InChI=1S/C50H51IN8O12S6.Zn/c1-7-15-72(60,61)37-22-31-32(23-38(37)73(62,63)16-8-2)47-55-45(31)53-43-29-14-13-28(51)21-30(29)44(52-43)54-46-33-24-39(74(64,65)17-9-3)40(75(66,67)18-10-4)25-34(33)48(56-46)58-50-36-27-42(77(70,71)20-12-6)41(76(68,69)19-11-5)26-35(36)49(57-47)59-50;/h13-14,21-27H,7-12,15-20H2,1-6H3;/q-2;+2. The Balaban J connectivity index is 0.00000803. The predicted octanol–water partition coefficient (Wildman–Crippen LogP) is 7.83. The van der Waals surface area contributed by atoms with E-state index in [0.717, 1.165) is 15.7 Å². The smallest absolute Gasteiger partial charge is 0.357 e. The molecule has 3 aromatic heterocycles. The van der Waals surface area contributed by atoms with Gasteiger partial charge < -0.3 is 29.9 Å². The zero-order chi connectivity index (χ0) is 55.8. The maximum Gasteiger partial charge on any atom is 2.00 e. The molecule has 408 valence electrons. The summed E-state index contributed by atoms with van der Waals surface area (Å²) in [4.78, 5) is 35.6. The van der Waals surface area contributed by atoms with Crippen molar-refractivity contribution in [3.63, 3.8) is 0 Å². The van der Waals surface area contributed by atoms with Gasteiger partial charge in [-0.15, -0.1) is 0 Å². The summed E-state index contributed by atoms with van der Waals surface area (Å²) in [5.74, 6) is -3.30. The van der Waals surface area contributed by atoms with Crippen molar-refractivity contribution in [1.29, 1.82) is 0 Å². The molecular weight excluding hydrogens is 1290 g/mol. The number of sulfone groups is 6. The SMILES string of the molecule is CCCS(=O)(=O)c1cc2c(cc1S(=O)(=O)CCC)-c1nc-2nc2[n-]c(nc3nc(nc4[n-]c(n1)c1cc(S(=O)(=O)CCC)c(S(=O)(=O)CCC)cc41)-c1cc(S(=O)(=O)CCC)c(S(=O)(=O)CCC)cc1-3)c1cc(I)ccc21.[Zn+2]. The van der Waals surface area contributed by atoms with Crippen LogP contribution in [0.2, 0.25) is 0 Å². The van der Waals surface area contributed by atoms with E-state index in [4.69, 9.17) is 39.9 Å². The van der Waals surface area contributed by atoms with Crippen LogP contribution in [0, 0.1) is 3.57 Å². The van der Waals surface area contributed by atoms with E-state index in [1.807, 2.05) is 0 Å². The number of halogens is 1. The average Bonchev–Trinajstić information content (AvgIpc) is 4.13. The minimum atomic E-state index is -4.34. The molecule has 0 fully saturated rings. The fraction of sp³-hybridized carbons (Fsp3) is 0.360. The third-order valence-electron chi connectivity index (χ3n) is 12.7. The molecule has 28 heteroatoms. The van der Waals surface area contributed by atoms with Gasteiger partial charge in [0.25, 0.3) is 0 Å². The number of aromatic nitrogens is 8. The van der Waals surface area contributed by atoms with Gasteiger partial charge in [-0.2, -0.15) is 0 Å². The molecule has 5 heterocycles. The van der Waals surface area contributed by atoms with Gasteiger partial charge in [0.05, 0.1) is 87.2 Å². The van der Waals surface area contributed by atoms with E-state index in [1.54, 1.807) is 59.7 Å². The molecule has 2 aliphatic rings. The van der Waals surface area contributed by atoms with Gasteiger partial charge in [0, 0.05) is 48.4 Å². The second kappa shape index (κ2) is 22.0. The first-order valence-corrected chi connectivity index (χ1v) is 35.7. The molecule has 0 unspecified atom stereocenters. The summed E-state index contributed by atoms with van der Waals surface area (Å²) in [7, 11) is -25.8. The van der Waals surface area contributed by atoms with Crippen molar-refractivity contribution in [2.24, 2.45) is 0 Å². The van der Waals surface area contributed by atoms with Crippen molar-refractivity contribution >= 4 is 126 Å². The monoisotopic (exact) mass is 1340 g/mol. The van der Waals surface area contributed by atoms with Gasteiger partial charge in [-0.3, -0.25) is 0 Å². The maximum atomic E-state index is 14.2. The first kappa shape index (κ1) is 59.4. The van der Waals surface area contributed by atoms with Crippen LogP contribution < -0.4 is 9.97 Å². The van der Waals surface area contributed by atoms with Gasteiger partial charge in [-0.05, 0) is 131 Å². The van der Waals surface area contributed by atoms with Crippen LogP contribution >= 0.6 is 22.6 Å². The Morgan fingerprint density at radius 3 is 0.821 bits per heavy atom. The number of rotatable bonds is 18. The van der Waals surface area contributed by atoms with E-state index < -0.39 is 123 Å². The summed E-state index contributed by atoms with van der Waals surface area (Å²) in [5, 5.41) is 0.733. The van der Waals surface area contributed by atoms with Gasteiger partial charge in [-0.1, -0.05) is 47.6 Å². The molecule has 0 spiro atoms. The summed E-state index contributed by atoms with van der Waals surface area (Å²) < 4.78 is 170. The summed E-state index contributed by atoms with van der Waals surface area (Å²) in [6, 6.07) is 12.3. The fourth-order valence-corrected chi connectivity index (χ4v) is 20.7. The Hall–Kier alpha value is -4.71. The number of nitrogens with zero attached hydrogens (tertiary/aromatic N) is 8. The number of hydrogen-bond acceptors (Lipinski definition) is 18. The van der Waals surface area contributed by atoms with Crippen LogP contribution in [0.25, 0.3) is 89.7 Å². The summed E-state index contributed by atoms with van der Waals surface area (Å²) in [6.45, 7) is 9.78. The minimum Gasteiger partial charge on any atom is -0.357 e. The molecule has 9 rings (SSSR count). The molecular formula is C50H51IN8O12S6Zn. The summed E-state index contributed by atoms with van der Waals surface area (Å²) in [6.07, 6.45) is 0.840. The molecule has 0 aliphatic carbocycles. The van der Waals surface area contributed by atoms with Gasteiger partial charge in [0.1, 0.15) is 0 Å². The van der Waals surface area contributed by atoms with Crippen LogP contribution in [0.15, 0.2) is 84.0 Å². The molecule has 20 nitrogen and oxygen atoms in total. The molecule has 2 aliphatic heterocycles. The minimum absolute atomic E-state index is 0. The summed E-state index contributed by atoms with van der Waals surface area (Å²) in [5.41, 5.74) is -0.460. The van der Waals surface area contributed by atoms with Crippen molar-refractivity contribution in [2.75, 3.05) is 34.5 Å². The number of fused-ring (bicyclic) bond motifs is 20. The first-order valence-electron chi connectivity index (χ1n) is 24.7.